The quantitative estimate of drug-likeness (QED) is 0.184. The molecule has 0 fully saturated rings. The van der Waals surface area contributed by atoms with Gasteiger partial charge in [-0.15, -0.1) is 0 Å². The van der Waals surface area contributed by atoms with Gasteiger partial charge < -0.3 is 9.13 Å². The van der Waals surface area contributed by atoms with Crippen LogP contribution in [-0.4, -0.2) is 9.13 Å². The fraction of sp³-hybridized carbons (Fsp3) is 0.0196. The Balaban J connectivity index is 1.18. The minimum Gasteiger partial charge on any atom is -0.309 e. The Hall–Kier alpha value is -7.66. The summed E-state index contributed by atoms with van der Waals surface area (Å²) in [5.74, 6) is 0.0157. The first-order valence-electron chi connectivity index (χ1n) is 18.5. The second-order valence-corrected chi connectivity index (χ2v) is 14.3. The summed E-state index contributed by atoms with van der Waals surface area (Å²) in [7, 11) is 0. The number of para-hydroxylation sites is 2. The van der Waals surface area contributed by atoms with Crippen LogP contribution in [0.3, 0.4) is 0 Å². The lowest BCUT2D eigenvalue weighted by molar-refractivity contribution is 1.01. The predicted octanol–water partition coefficient (Wildman–Crippen LogP) is 12.5. The van der Waals surface area contributed by atoms with Crippen LogP contribution in [0, 0.1) is 22.7 Å². The number of nitrogens with zero attached hydrogens (tertiary/aromatic N) is 4. The summed E-state index contributed by atoms with van der Waals surface area (Å²) < 4.78 is 4.66. The molecule has 8 aromatic carbocycles. The highest BCUT2D eigenvalue weighted by molar-refractivity contribution is 6.11. The maximum Gasteiger partial charge on any atom is 0.0991 e. The Morgan fingerprint density at radius 1 is 0.364 bits per heavy atom. The Bertz CT molecular complexity index is 3260. The predicted molar refractivity (Wildman–Crippen MR) is 223 cm³/mol. The van der Waals surface area contributed by atoms with Crippen LogP contribution in [0.15, 0.2) is 176 Å². The smallest absolute Gasteiger partial charge is 0.0991 e. The van der Waals surface area contributed by atoms with Crippen LogP contribution in [0.4, 0.5) is 0 Å². The molecule has 0 unspecified atom stereocenters. The van der Waals surface area contributed by atoms with E-state index in [9.17, 15) is 10.5 Å². The van der Waals surface area contributed by atoms with Gasteiger partial charge in [0, 0.05) is 38.8 Å². The molecule has 0 aliphatic heterocycles. The molecule has 0 atom stereocenters. The summed E-state index contributed by atoms with van der Waals surface area (Å²) >= 11 is 0. The third kappa shape index (κ3) is 4.56. The van der Waals surface area contributed by atoms with Crippen molar-refractivity contribution in [3.05, 3.63) is 204 Å². The van der Waals surface area contributed by atoms with Crippen LogP contribution in [-0.2, 0) is 0 Å². The molecule has 2 heterocycles. The van der Waals surface area contributed by atoms with Crippen molar-refractivity contribution in [1.82, 2.24) is 9.13 Å². The molecule has 0 bridgehead atoms. The van der Waals surface area contributed by atoms with Gasteiger partial charge in [0.25, 0.3) is 0 Å². The fourth-order valence-corrected chi connectivity index (χ4v) is 9.14. The van der Waals surface area contributed by atoms with E-state index in [1.165, 1.54) is 33.4 Å². The molecule has 55 heavy (non-hydrogen) atoms. The van der Waals surface area contributed by atoms with Gasteiger partial charge in [-0.25, -0.2) is 0 Å². The summed E-state index contributed by atoms with van der Waals surface area (Å²) in [6.45, 7) is 0. The van der Waals surface area contributed by atoms with E-state index in [4.69, 9.17) is 0 Å². The van der Waals surface area contributed by atoms with Crippen molar-refractivity contribution >= 4 is 43.6 Å². The van der Waals surface area contributed by atoms with Gasteiger partial charge in [0.05, 0.1) is 45.3 Å². The number of hydrogen-bond donors (Lipinski definition) is 0. The van der Waals surface area contributed by atoms with Crippen molar-refractivity contribution in [3.8, 4) is 45.8 Å². The Morgan fingerprint density at radius 2 is 0.873 bits per heavy atom. The average molecular weight is 699 g/mol. The molecule has 0 saturated heterocycles. The second-order valence-electron chi connectivity index (χ2n) is 14.3. The molecule has 10 aromatic rings. The van der Waals surface area contributed by atoms with Crippen molar-refractivity contribution in [3.63, 3.8) is 0 Å². The van der Waals surface area contributed by atoms with Crippen molar-refractivity contribution in [2.45, 2.75) is 5.92 Å². The number of aromatic nitrogens is 2. The van der Waals surface area contributed by atoms with Crippen molar-refractivity contribution in [1.29, 1.82) is 10.5 Å². The van der Waals surface area contributed by atoms with Gasteiger partial charge in [-0.05, 0) is 112 Å². The van der Waals surface area contributed by atoms with Gasteiger partial charge in [0.15, 0.2) is 0 Å². The Labute approximate surface area is 317 Å². The first-order valence-corrected chi connectivity index (χ1v) is 18.5. The zero-order chi connectivity index (χ0) is 36.6. The first-order chi connectivity index (χ1) is 27.2. The molecule has 1 aliphatic carbocycles. The van der Waals surface area contributed by atoms with Crippen LogP contribution in [0.1, 0.15) is 33.7 Å². The van der Waals surface area contributed by atoms with Crippen molar-refractivity contribution in [2.24, 2.45) is 0 Å². The van der Waals surface area contributed by atoms with Gasteiger partial charge in [-0.3, -0.25) is 0 Å². The molecule has 0 saturated carbocycles. The minimum atomic E-state index is 0.0157. The van der Waals surface area contributed by atoms with Crippen molar-refractivity contribution in [2.75, 3.05) is 0 Å². The lowest BCUT2D eigenvalue weighted by Gasteiger charge is -2.22. The highest BCUT2D eigenvalue weighted by atomic mass is 15.0. The second kappa shape index (κ2) is 11.9. The number of rotatable bonds is 4. The third-order valence-electron chi connectivity index (χ3n) is 11.5. The van der Waals surface area contributed by atoms with E-state index in [-0.39, 0.29) is 5.92 Å². The van der Waals surface area contributed by atoms with Gasteiger partial charge in [0.2, 0.25) is 0 Å². The van der Waals surface area contributed by atoms with E-state index in [0.717, 1.165) is 60.5 Å². The molecule has 4 heteroatoms. The van der Waals surface area contributed by atoms with Gasteiger partial charge in [-0.1, -0.05) is 103 Å². The molecule has 0 radical (unpaired) electrons. The zero-order valence-corrected chi connectivity index (χ0v) is 29.6. The van der Waals surface area contributed by atoms with E-state index in [1.807, 2.05) is 24.3 Å². The maximum atomic E-state index is 9.79. The normalized spacial score (nSPS) is 12.3. The molecule has 1 aliphatic rings. The van der Waals surface area contributed by atoms with Crippen LogP contribution >= 0.6 is 0 Å². The number of benzene rings is 8. The summed E-state index contributed by atoms with van der Waals surface area (Å²) in [4.78, 5) is 0. The average Bonchev–Trinajstić information content (AvgIpc) is 3.88. The Morgan fingerprint density at radius 3 is 1.45 bits per heavy atom. The lowest BCUT2D eigenvalue weighted by Crippen LogP contribution is -2.05. The van der Waals surface area contributed by atoms with Gasteiger partial charge in [0.1, 0.15) is 0 Å². The molecule has 4 nitrogen and oxygen atoms in total. The fourth-order valence-electron chi connectivity index (χ4n) is 9.14. The molecule has 2 aromatic heterocycles. The van der Waals surface area contributed by atoms with Crippen LogP contribution in [0.25, 0.3) is 77.2 Å². The summed E-state index contributed by atoms with van der Waals surface area (Å²) in [6.07, 6.45) is 0. The third-order valence-corrected chi connectivity index (χ3v) is 11.5. The van der Waals surface area contributed by atoms with E-state index in [2.05, 4.69) is 173 Å². The lowest BCUT2D eigenvalue weighted by atomic mass is 9.84. The van der Waals surface area contributed by atoms with Gasteiger partial charge >= 0.3 is 0 Å². The highest BCUT2D eigenvalue weighted by Crippen LogP contribution is 2.50. The Kier molecular flexibility index (Phi) is 6.71. The SMILES string of the molecule is N#Cc1ccc2c(c1)c1ccccc1n2-c1cccc(-c2ccc(-n3c4ccccc4c4cc(C#N)ccc43)cc2C2c3ccccc3-c3ccccc32)c1. The standard InChI is InChI=1S/C51H30N4/c52-30-32-20-24-49-44(26-32)40-14-5-7-18-47(40)54(49)35-11-9-10-34(28-35)37-23-22-36(55-48-19-8-6-15-41(48)45-27-33(31-53)21-25-50(45)55)29-46(37)51-42-16-3-1-12-38(42)39-13-2-4-17-43(39)51/h1-29,51H. The van der Waals surface area contributed by atoms with E-state index >= 15 is 0 Å². The largest absolute Gasteiger partial charge is 0.309 e. The van der Waals surface area contributed by atoms with Gasteiger partial charge in [-0.2, -0.15) is 10.5 Å². The number of hydrogen-bond acceptors (Lipinski definition) is 2. The molecular formula is C51H30N4. The van der Waals surface area contributed by atoms with Crippen LogP contribution in [0.2, 0.25) is 0 Å². The minimum absolute atomic E-state index is 0.0157. The number of fused-ring (bicyclic) bond motifs is 9. The number of nitriles is 2. The van der Waals surface area contributed by atoms with Crippen LogP contribution < -0.4 is 0 Å². The summed E-state index contributed by atoms with van der Waals surface area (Å²) in [5, 5.41) is 23.9. The van der Waals surface area contributed by atoms with Crippen molar-refractivity contribution < 1.29 is 0 Å². The summed E-state index contributed by atoms with van der Waals surface area (Å²) in [6, 6.07) is 67.0. The molecule has 254 valence electrons. The monoisotopic (exact) mass is 698 g/mol. The molecule has 0 N–H and O–H groups in total. The topological polar surface area (TPSA) is 57.4 Å². The maximum absolute atomic E-state index is 9.79. The van der Waals surface area contributed by atoms with E-state index in [0.29, 0.717) is 11.1 Å². The molecule has 0 amide bonds. The first kappa shape index (κ1) is 30.9. The zero-order valence-electron chi connectivity index (χ0n) is 29.6. The molecule has 11 rings (SSSR count). The summed E-state index contributed by atoms with van der Waals surface area (Å²) in [5.41, 5.74) is 16.5. The van der Waals surface area contributed by atoms with Crippen LogP contribution in [0.5, 0.6) is 0 Å². The van der Waals surface area contributed by atoms with E-state index in [1.54, 1.807) is 0 Å². The highest BCUT2D eigenvalue weighted by Gasteiger charge is 2.32. The van der Waals surface area contributed by atoms with E-state index < -0.39 is 0 Å². The molecular weight excluding hydrogens is 669 g/mol. The molecule has 0 spiro atoms.